The molecule has 148 valence electrons. The Morgan fingerprint density at radius 1 is 0.963 bits per heavy atom. The summed E-state index contributed by atoms with van der Waals surface area (Å²) in [7, 11) is 0. The number of carbonyl (C=O) groups is 1. The van der Waals surface area contributed by atoms with Crippen molar-refractivity contribution in [3.63, 3.8) is 0 Å². The molecule has 1 rings (SSSR count). The van der Waals surface area contributed by atoms with Gasteiger partial charge in [0, 0.05) is 11.6 Å². The number of rotatable bonds is 10. The molecule has 0 spiro atoms. The van der Waals surface area contributed by atoms with Gasteiger partial charge in [-0.25, -0.2) is 0 Å². The fraction of sp³-hybridized carbons (Fsp3) is 0.435. The Labute approximate surface area is 162 Å². The molecule has 4 nitrogen and oxygen atoms in total. The van der Waals surface area contributed by atoms with E-state index in [-0.39, 0.29) is 22.8 Å². The minimum Gasteiger partial charge on any atom is -0.507 e. The summed E-state index contributed by atoms with van der Waals surface area (Å²) >= 11 is 0. The van der Waals surface area contributed by atoms with Gasteiger partial charge >= 0.3 is 0 Å². The highest BCUT2D eigenvalue weighted by atomic mass is 16.5. The van der Waals surface area contributed by atoms with E-state index in [4.69, 9.17) is 4.74 Å². The van der Waals surface area contributed by atoms with Crippen molar-refractivity contribution in [2.45, 2.75) is 60.3 Å². The SMILES string of the molecule is CC(C)=CCC/C(C)=C/CC/C(C)=C/COc1c(O)cc(O)c(C=O)c1C. The first-order chi connectivity index (χ1) is 12.8. The van der Waals surface area contributed by atoms with Crippen LogP contribution in [0.3, 0.4) is 0 Å². The van der Waals surface area contributed by atoms with Crippen molar-refractivity contribution in [2.24, 2.45) is 0 Å². The van der Waals surface area contributed by atoms with Crippen LogP contribution in [0, 0.1) is 6.92 Å². The van der Waals surface area contributed by atoms with Gasteiger partial charge in [-0.1, -0.05) is 28.9 Å². The highest BCUT2D eigenvalue weighted by molar-refractivity contribution is 5.84. The van der Waals surface area contributed by atoms with Crippen molar-refractivity contribution < 1.29 is 19.7 Å². The van der Waals surface area contributed by atoms with Crippen molar-refractivity contribution in [3.8, 4) is 17.2 Å². The predicted molar refractivity (Wildman–Crippen MR) is 111 cm³/mol. The molecule has 0 aliphatic carbocycles. The number of aromatic hydroxyl groups is 2. The highest BCUT2D eigenvalue weighted by Crippen LogP contribution is 2.37. The van der Waals surface area contributed by atoms with Gasteiger partial charge in [-0.15, -0.1) is 0 Å². The first-order valence-corrected chi connectivity index (χ1v) is 9.34. The lowest BCUT2D eigenvalue weighted by molar-refractivity contribution is 0.112. The van der Waals surface area contributed by atoms with Crippen molar-refractivity contribution in [3.05, 3.63) is 52.1 Å². The second-order valence-corrected chi connectivity index (χ2v) is 7.17. The van der Waals surface area contributed by atoms with Gasteiger partial charge in [0.05, 0.1) is 5.56 Å². The average molecular weight is 373 g/mol. The van der Waals surface area contributed by atoms with E-state index in [0.717, 1.165) is 31.7 Å². The molecule has 0 saturated heterocycles. The number of aldehydes is 1. The highest BCUT2D eigenvalue weighted by Gasteiger charge is 2.15. The van der Waals surface area contributed by atoms with E-state index >= 15 is 0 Å². The van der Waals surface area contributed by atoms with E-state index in [1.54, 1.807) is 6.92 Å². The normalized spacial score (nSPS) is 12.0. The maximum absolute atomic E-state index is 11.0. The van der Waals surface area contributed by atoms with Crippen molar-refractivity contribution >= 4 is 6.29 Å². The third-order valence-electron chi connectivity index (χ3n) is 4.43. The molecule has 0 aliphatic heterocycles. The molecule has 0 amide bonds. The van der Waals surface area contributed by atoms with Gasteiger partial charge in [0.25, 0.3) is 0 Å². The number of ether oxygens (including phenoxy) is 1. The minimum atomic E-state index is -0.245. The lowest BCUT2D eigenvalue weighted by Gasteiger charge is -2.12. The van der Waals surface area contributed by atoms with Crippen molar-refractivity contribution in [1.82, 2.24) is 0 Å². The van der Waals surface area contributed by atoms with Crippen LogP contribution in [0.2, 0.25) is 0 Å². The molecule has 27 heavy (non-hydrogen) atoms. The van der Waals surface area contributed by atoms with Gasteiger partial charge in [0.2, 0.25) is 0 Å². The van der Waals surface area contributed by atoms with Gasteiger partial charge < -0.3 is 14.9 Å². The Morgan fingerprint density at radius 2 is 1.56 bits per heavy atom. The molecule has 0 aromatic heterocycles. The van der Waals surface area contributed by atoms with E-state index in [1.165, 1.54) is 16.7 Å². The topological polar surface area (TPSA) is 66.8 Å². The van der Waals surface area contributed by atoms with Crippen LogP contribution in [-0.2, 0) is 0 Å². The second kappa shape index (κ2) is 11.3. The lowest BCUT2D eigenvalue weighted by Crippen LogP contribution is -2.00. The van der Waals surface area contributed by atoms with Crippen molar-refractivity contribution in [1.29, 1.82) is 0 Å². The first-order valence-electron chi connectivity index (χ1n) is 9.34. The molecule has 0 atom stereocenters. The van der Waals surface area contributed by atoms with Crippen LogP contribution >= 0.6 is 0 Å². The molecule has 0 fully saturated rings. The van der Waals surface area contributed by atoms with Gasteiger partial charge in [-0.3, -0.25) is 4.79 Å². The van der Waals surface area contributed by atoms with Crippen LogP contribution in [0.25, 0.3) is 0 Å². The third kappa shape index (κ3) is 7.73. The van der Waals surface area contributed by atoms with Crippen LogP contribution < -0.4 is 4.74 Å². The van der Waals surface area contributed by atoms with Gasteiger partial charge in [-0.05, 0) is 66.4 Å². The molecule has 0 bridgehead atoms. The Balaban J connectivity index is 2.54. The smallest absolute Gasteiger partial charge is 0.165 e. The average Bonchev–Trinajstić information content (AvgIpc) is 2.57. The summed E-state index contributed by atoms with van der Waals surface area (Å²) in [6, 6.07) is 1.13. The van der Waals surface area contributed by atoms with Crippen LogP contribution in [0.1, 0.15) is 69.3 Å². The molecular weight excluding hydrogens is 340 g/mol. The molecule has 0 heterocycles. The number of phenols is 2. The molecule has 0 radical (unpaired) electrons. The zero-order valence-corrected chi connectivity index (χ0v) is 17.1. The van der Waals surface area contributed by atoms with Crippen LogP contribution in [0.15, 0.2) is 41.0 Å². The lowest BCUT2D eigenvalue weighted by atomic mass is 10.1. The van der Waals surface area contributed by atoms with Crippen LogP contribution in [0.4, 0.5) is 0 Å². The summed E-state index contributed by atoms with van der Waals surface area (Å²) in [6.07, 6.45) is 11.2. The van der Waals surface area contributed by atoms with Crippen LogP contribution in [0.5, 0.6) is 17.2 Å². The van der Waals surface area contributed by atoms with E-state index in [2.05, 4.69) is 39.8 Å². The number of benzene rings is 1. The zero-order valence-electron chi connectivity index (χ0n) is 17.1. The maximum atomic E-state index is 11.0. The van der Waals surface area contributed by atoms with E-state index < -0.39 is 0 Å². The van der Waals surface area contributed by atoms with Gasteiger partial charge in [0.15, 0.2) is 17.8 Å². The van der Waals surface area contributed by atoms with Gasteiger partial charge in [-0.2, -0.15) is 0 Å². The van der Waals surface area contributed by atoms with E-state index in [9.17, 15) is 15.0 Å². The molecular formula is C23H32O4. The summed E-state index contributed by atoms with van der Waals surface area (Å²) in [5, 5.41) is 19.6. The molecule has 0 aliphatic rings. The Kier molecular flexibility index (Phi) is 9.41. The number of hydrogen-bond acceptors (Lipinski definition) is 4. The number of allylic oxidation sites excluding steroid dienone is 5. The molecule has 0 saturated carbocycles. The molecule has 2 N–H and O–H groups in total. The fourth-order valence-corrected chi connectivity index (χ4v) is 2.72. The third-order valence-corrected chi connectivity index (χ3v) is 4.43. The maximum Gasteiger partial charge on any atom is 0.165 e. The molecule has 1 aromatic rings. The summed E-state index contributed by atoms with van der Waals surface area (Å²) in [6.45, 7) is 10.4. The summed E-state index contributed by atoms with van der Waals surface area (Å²) < 4.78 is 5.62. The largest absolute Gasteiger partial charge is 0.507 e. The Morgan fingerprint density at radius 3 is 2.15 bits per heavy atom. The van der Waals surface area contributed by atoms with Gasteiger partial charge in [0.1, 0.15) is 12.4 Å². The van der Waals surface area contributed by atoms with E-state index in [1.807, 2.05) is 6.08 Å². The Hall–Kier alpha value is -2.49. The predicted octanol–water partition coefficient (Wildman–Crippen LogP) is 6.02. The monoisotopic (exact) mass is 372 g/mol. The molecule has 1 aromatic carbocycles. The number of hydrogen-bond donors (Lipinski definition) is 2. The Bertz CT molecular complexity index is 735. The zero-order chi connectivity index (χ0) is 20.4. The number of carbonyl (C=O) groups excluding carboxylic acids is 1. The summed E-state index contributed by atoms with van der Waals surface area (Å²) in [4.78, 5) is 11.0. The van der Waals surface area contributed by atoms with Crippen LogP contribution in [-0.4, -0.2) is 23.1 Å². The van der Waals surface area contributed by atoms with E-state index in [0.29, 0.717) is 18.5 Å². The summed E-state index contributed by atoms with van der Waals surface area (Å²) in [5.41, 5.74) is 4.54. The standard InChI is InChI=1S/C23H32O4/c1-16(2)8-6-9-17(3)10-7-11-18(4)12-13-27-23-19(5)20(15-24)21(25)14-22(23)26/h8,10,12,14-15,25-26H,6-7,9,11,13H2,1-5H3/b17-10+,18-12+. The number of phenolic OH excluding ortho intramolecular Hbond substituents is 2. The fourth-order valence-electron chi connectivity index (χ4n) is 2.72. The molecule has 0 unspecified atom stereocenters. The molecule has 4 heteroatoms. The first kappa shape index (κ1) is 22.6. The quantitative estimate of drug-likeness (QED) is 0.389. The van der Waals surface area contributed by atoms with Crippen molar-refractivity contribution in [2.75, 3.05) is 6.61 Å². The second-order valence-electron chi connectivity index (χ2n) is 7.17. The summed E-state index contributed by atoms with van der Waals surface area (Å²) in [5.74, 6) is -0.184. The minimum absolute atomic E-state index is 0.136.